The Morgan fingerprint density at radius 1 is 1.26 bits per heavy atom. The van der Waals surface area contributed by atoms with Crippen molar-refractivity contribution in [3.05, 3.63) is 39.6 Å². The highest BCUT2D eigenvalue weighted by Gasteiger charge is 2.11. The van der Waals surface area contributed by atoms with Crippen molar-refractivity contribution in [1.82, 2.24) is 10.1 Å². The Hall–Kier alpha value is -1.26. The van der Waals surface area contributed by atoms with Gasteiger partial charge < -0.3 is 9.84 Å². The van der Waals surface area contributed by atoms with Gasteiger partial charge in [0.15, 0.2) is 5.82 Å². The summed E-state index contributed by atoms with van der Waals surface area (Å²) in [5.74, 6) is 1.06. The highest BCUT2D eigenvalue weighted by atomic mass is 35.5. The summed E-state index contributed by atoms with van der Waals surface area (Å²) in [6.07, 6.45) is 0.450. The Kier molecular flexibility index (Phi) is 4.66. The molecule has 4 nitrogen and oxygen atoms in total. The Morgan fingerprint density at radius 2 is 1.95 bits per heavy atom. The number of rotatable bonds is 5. The Balaban J connectivity index is 2.07. The molecule has 0 saturated heterocycles. The molecule has 2 aromatic rings. The summed E-state index contributed by atoms with van der Waals surface area (Å²) in [6.45, 7) is 5.00. The van der Waals surface area contributed by atoms with Crippen molar-refractivity contribution in [1.29, 1.82) is 0 Å². The topological polar surface area (TPSA) is 51.0 Å². The maximum absolute atomic E-state index is 6.10. The number of halogens is 2. The highest BCUT2D eigenvalue weighted by Crippen LogP contribution is 2.26. The first-order chi connectivity index (χ1) is 9.06. The van der Waals surface area contributed by atoms with Crippen molar-refractivity contribution in [3.63, 3.8) is 0 Å². The third kappa shape index (κ3) is 3.85. The molecule has 102 valence electrons. The molecule has 6 heteroatoms. The first-order valence-electron chi connectivity index (χ1n) is 6.05. The first kappa shape index (κ1) is 14.2. The standard InChI is InChI=1S/C13H15Cl2N3O/c1-8(2)7-16-13-17-12(18-19-13)6-9-10(14)4-3-5-11(9)15/h3-5,8H,6-7H2,1-2H3,(H,16,17,18). The lowest BCUT2D eigenvalue weighted by Gasteiger charge is -2.03. The van der Waals surface area contributed by atoms with Crippen LogP contribution < -0.4 is 5.32 Å². The maximum Gasteiger partial charge on any atom is 0.321 e. The SMILES string of the molecule is CC(C)CNc1nc(Cc2c(Cl)cccc2Cl)no1. The van der Waals surface area contributed by atoms with Crippen molar-refractivity contribution in [2.45, 2.75) is 20.3 Å². The smallest absolute Gasteiger partial charge is 0.321 e. The molecule has 19 heavy (non-hydrogen) atoms. The highest BCUT2D eigenvalue weighted by molar-refractivity contribution is 6.36. The quantitative estimate of drug-likeness (QED) is 0.905. The van der Waals surface area contributed by atoms with Crippen LogP contribution in [0.25, 0.3) is 0 Å². The molecule has 1 N–H and O–H groups in total. The molecule has 0 bridgehead atoms. The number of nitrogens with one attached hydrogen (secondary N) is 1. The zero-order chi connectivity index (χ0) is 13.8. The van der Waals surface area contributed by atoms with E-state index in [9.17, 15) is 0 Å². The van der Waals surface area contributed by atoms with Crippen LogP contribution in [0.15, 0.2) is 22.7 Å². The Bertz CT molecular complexity index is 534. The molecule has 0 unspecified atom stereocenters. The minimum atomic E-state index is 0.423. The molecular weight excluding hydrogens is 285 g/mol. The molecule has 0 saturated carbocycles. The van der Waals surface area contributed by atoms with Crippen LogP contribution in [0.3, 0.4) is 0 Å². The predicted molar refractivity (Wildman–Crippen MR) is 76.9 cm³/mol. The number of nitrogens with zero attached hydrogens (tertiary/aromatic N) is 2. The van der Waals surface area contributed by atoms with Gasteiger partial charge in [-0.2, -0.15) is 4.98 Å². The van der Waals surface area contributed by atoms with Gasteiger partial charge in [0.05, 0.1) is 0 Å². The van der Waals surface area contributed by atoms with Gasteiger partial charge in [-0.05, 0) is 23.6 Å². The van der Waals surface area contributed by atoms with Crippen LogP contribution in [0.1, 0.15) is 25.2 Å². The van der Waals surface area contributed by atoms with E-state index in [2.05, 4.69) is 29.3 Å². The molecule has 0 radical (unpaired) electrons. The van der Waals surface area contributed by atoms with Gasteiger partial charge in [-0.1, -0.05) is 48.3 Å². The van der Waals surface area contributed by atoms with Gasteiger partial charge in [-0.25, -0.2) is 0 Å². The Morgan fingerprint density at radius 3 is 2.58 bits per heavy atom. The summed E-state index contributed by atoms with van der Waals surface area (Å²) in [5.41, 5.74) is 0.807. The van der Waals surface area contributed by atoms with E-state index in [0.29, 0.717) is 34.2 Å². The van der Waals surface area contributed by atoms with Crippen molar-refractivity contribution < 1.29 is 4.52 Å². The first-order valence-corrected chi connectivity index (χ1v) is 6.81. The fraction of sp³-hybridized carbons (Fsp3) is 0.385. The van der Waals surface area contributed by atoms with Gasteiger partial charge in [0, 0.05) is 23.0 Å². The molecule has 1 heterocycles. The summed E-state index contributed by atoms with van der Waals surface area (Å²) in [4.78, 5) is 4.25. The molecule has 0 aliphatic carbocycles. The van der Waals surface area contributed by atoms with Crippen molar-refractivity contribution in [3.8, 4) is 0 Å². The summed E-state index contributed by atoms with van der Waals surface area (Å²) in [7, 11) is 0. The molecule has 1 aromatic carbocycles. The van der Waals surface area contributed by atoms with Crippen LogP contribution in [-0.2, 0) is 6.42 Å². The number of benzene rings is 1. The van der Waals surface area contributed by atoms with Crippen LogP contribution in [0.5, 0.6) is 0 Å². The molecule has 2 rings (SSSR count). The minimum absolute atomic E-state index is 0.423. The van der Waals surface area contributed by atoms with Gasteiger partial charge in [-0.3, -0.25) is 0 Å². The van der Waals surface area contributed by atoms with E-state index in [0.717, 1.165) is 12.1 Å². The average molecular weight is 300 g/mol. The zero-order valence-electron chi connectivity index (χ0n) is 10.8. The van der Waals surface area contributed by atoms with E-state index < -0.39 is 0 Å². The van der Waals surface area contributed by atoms with Gasteiger partial charge >= 0.3 is 6.01 Å². The molecule has 0 atom stereocenters. The fourth-order valence-corrected chi connectivity index (χ4v) is 2.08. The second-order valence-electron chi connectivity index (χ2n) is 4.67. The van der Waals surface area contributed by atoms with Gasteiger partial charge in [0.2, 0.25) is 0 Å². The maximum atomic E-state index is 6.10. The molecule has 0 amide bonds. The van der Waals surface area contributed by atoms with E-state index in [1.165, 1.54) is 0 Å². The monoisotopic (exact) mass is 299 g/mol. The number of anilines is 1. The average Bonchev–Trinajstić information content (AvgIpc) is 2.79. The van der Waals surface area contributed by atoms with Crippen LogP contribution >= 0.6 is 23.2 Å². The third-order valence-electron chi connectivity index (χ3n) is 2.53. The van der Waals surface area contributed by atoms with E-state index in [-0.39, 0.29) is 0 Å². The summed E-state index contributed by atoms with van der Waals surface area (Å²) < 4.78 is 5.11. The normalized spacial score (nSPS) is 11.0. The van der Waals surface area contributed by atoms with Crippen LogP contribution in [-0.4, -0.2) is 16.7 Å². The Labute approximate surface area is 122 Å². The van der Waals surface area contributed by atoms with Crippen LogP contribution in [0.2, 0.25) is 10.0 Å². The lowest BCUT2D eigenvalue weighted by molar-refractivity contribution is 0.421. The van der Waals surface area contributed by atoms with Crippen molar-refractivity contribution in [2.24, 2.45) is 5.92 Å². The van der Waals surface area contributed by atoms with Gasteiger partial charge in [0.25, 0.3) is 0 Å². The number of hydrogen-bond acceptors (Lipinski definition) is 4. The summed E-state index contributed by atoms with van der Waals surface area (Å²) in [6, 6.07) is 5.81. The molecule has 0 fully saturated rings. The molecule has 1 aromatic heterocycles. The van der Waals surface area contributed by atoms with Crippen molar-refractivity contribution >= 4 is 29.2 Å². The van der Waals surface area contributed by atoms with Crippen molar-refractivity contribution in [2.75, 3.05) is 11.9 Å². The lowest BCUT2D eigenvalue weighted by Crippen LogP contribution is -2.08. The molecular formula is C13H15Cl2N3O. The summed E-state index contributed by atoms with van der Waals surface area (Å²) >= 11 is 12.2. The number of hydrogen-bond donors (Lipinski definition) is 1. The molecule has 0 aliphatic rings. The van der Waals surface area contributed by atoms with E-state index in [1.807, 2.05) is 0 Å². The van der Waals surface area contributed by atoms with E-state index >= 15 is 0 Å². The fourth-order valence-electron chi connectivity index (χ4n) is 1.55. The second kappa shape index (κ2) is 6.26. The van der Waals surface area contributed by atoms with E-state index in [4.69, 9.17) is 27.7 Å². The minimum Gasteiger partial charge on any atom is -0.338 e. The van der Waals surface area contributed by atoms with Gasteiger partial charge in [-0.15, -0.1) is 0 Å². The zero-order valence-corrected chi connectivity index (χ0v) is 12.3. The third-order valence-corrected chi connectivity index (χ3v) is 3.23. The second-order valence-corrected chi connectivity index (χ2v) is 5.48. The molecule has 0 aliphatic heterocycles. The lowest BCUT2D eigenvalue weighted by atomic mass is 10.1. The van der Waals surface area contributed by atoms with Crippen LogP contribution in [0.4, 0.5) is 6.01 Å². The summed E-state index contributed by atoms with van der Waals surface area (Å²) in [5, 5.41) is 8.19. The predicted octanol–water partition coefficient (Wildman–Crippen LogP) is 4.04. The van der Waals surface area contributed by atoms with E-state index in [1.54, 1.807) is 18.2 Å². The number of aromatic nitrogens is 2. The largest absolute Gasteiger partial charge is 0.338 e. The van der Waals surface area contributed by atoms with Gasteiger partial charge in [0.1, 0.15) is 0 Å². The molecule has 0 spiro atoms. The van der Waals surface area contributed by atoms with Crippen LogP contribution in [0, 0.1) is 5.92 Å².